The highest BCUT2D eigenvalue weighted by Gasteiger charge is 2.28. The van der Waals surface area contributed by atoms with Crippen LogP contribution in [0.2, 0.25) is 0 Å². The minimum atomic E-state index is -0.145. The van der Waals surface area contributed by atoms with E-state index in [0.29, 0.717) is 6.61 Å². The van der Waals surface area contributed by atoms with Crippen molar-refractivity contribution in [1.82, 2.24) is 10.2 Å². The Morgan fingerprint density at radius 1 is 1.33 bits per heavy atom. The third-order valence-electron chi connectivity index (χ3n) is 3.07. The van der Waals surface area contributed by atoms with Gasteiger partial charge in [-0.05, 0) is 12.0 Å². The number of hydrogen-bond acceptors (Lipinski definition) is 7. The SMILES string of the molecule is O=C1OCCC1Sc1nnc(NCCc2ccccc2)s1. The van der Waals surface area contributed by atoms with Gasteiger partial charge in [-0.3, -0.25) is 4.79 Å². The van der Waals surface area contributed by atoms with Crippen LogP contribution in [0.5, 0.6) is 0 Å². The molecule has 0 saturated carbocycles. The second-order valence-electron chi connectivity index (χ2n) is 4.60. The zero-order valence-electron chi connectivity index (χ0n) is 11.3. The number of hydrogen-bond donors (Lipinski definition) is 1. The summed E-state index contributed by atoms with van der Waals surface area (Å²) in [5.74, 6) is -0.145. The zero-order valence-corrected chi connectivity index (χ0v) is 13.0. The molecule has 1 saturated heterocycles. The summed E-state index contributed by atoms with van der Waals surface area (Å²) in [6.07, 6.45) is 1.69. The lowest BCUT2D eigenvalue weighted by Crippen LogP contribution is -2.08. The quantitative estimate of drug-likeness (QED) is 0.825. The molecule has 1 aromatic carbocycles. The van der Waals surface area contributed by atoms with Crippen molar-refractivity contribution in [3.8, 4) is 0 Å². The maximum Gasteiger partial charge on any atom is 0.319 e. The van der Waals surface area contributed by atoms with E-state index >= 15 is 0 Å². The average Bonchev–Trinajstić information content (AvgIpc) is 3.11. The van der Waals surface area contributed by atoms with E-state index in [1.54, 1.807) is 0 Å². The number of ether oxygens (including phenoxy) is 1. The van der Waals surface area contributed by atoms with Crippen molar-refractivity contribution in [3.63, 3.8) is 0 Å². The van der Waals surface area contributed by atoms with Gasteiger partial charge in [-0.1, -0.05) is 53.4 Å². The number of cyclic esters (lactones) is 1. The first kappa shape index (κ1) is 14.3. The van der Waals surface area contributed by atoms with E-state index in [1.807, 2.05) is 18.2 Å². The molecule has 1 fully saturated rings. The normalized spacial score (nSPS) is 17.7. The highest BCUT2D eigenvalue weighted by molar-refractivity contribution is 8.02. The van der Waals surface area contributed by atoms with Crippen LogP contribution in [0.15, 0.2) is 34.7 Å². The van der Waals surface area contributed by atoms with Crippen molar-refractivity contribution in [3.05, 3.63) is 35.9 Å². The van der Waals surface area contributed by atoms with E-state index in [-0.39, 0.29) is 11.2 Å². The van der Waals surface area contributed by atoms with Crippen LogP contribution in [0.25, 0.3) is 0 Å². The fraction of sp³-hybridized carbons (Fsp3) is 0.357. The Kier molecular flexibility index (Phi) is 4.72. The summed E-state index contributed by atoms with van der Waals surface area (Å²) < 4.78 is 5.75. The molecule has 1 atom stereocenters. The summed E-state index contributed by atoms with van der Waals surface area (Å²) in [5, 5.41) is 12.1. The Bertz CT molecular complexity index is 603. The minimum Gasteiger partial charge on any atom is -0.465 e. The fourth-order valence-electron chi connectivity index (χ4n) is 1.99. The number of carbonyl (C=O) groups excluding carboxylic acids is 1. The molecule has 1 N–H and O–H groups in total. The molecular formula is C14H15N3O2S2. The van der Waals surface area contributed by atoms with Gasteiger partial charge in [-0.15, -0.1) is 10.2 Å². The Hall–Kier alpha value is -1.60. The van der Waals surface area contributed by atoms with Gasteiger partial charge in [0.1, 0.15) is 5.25 Å². The van der Waals surface area contributed by atoms with Gasteiger partial charge in [-0.25, -0.2) is 0 Å². The molecule has 2 heterocycles. The second kappa shape index (κ2) is 6.91. The summed E-state index contributed by atoms with van der Waals surface area (Å²) >= 11 is 2.92. The summed E-state index contributed by atoms with van der Waals surface area (Å²) in [6, 6.07) is 10.3. The number of carbonyl (C=O) groups is 1. The van der Waals surface area contributed by atoms with Crippen molar-refractivity contribution >= 4 is 34.2 Å². The lowest BCUT2D eigenvalue weighted by Gasteiger charge is -2.02. The predicted molar refractivity (Wildman–Crippen MR) is 83.8 cm³/mol. The summed E-state index contributed by atoms with van der Waals surface area (Å²) in [4.78, 5) is 11.4. The zero-order chi connectivity index (χ0) is 14.5. The summed E-state index contributed by atoms with van der Waals surface area (Å²) in [5.41, 5.74) is 1.29. The van der Waals surface area contributed by atoms with Crippen LogP contribution >= 0.6 is 23.1 Å². The highest BCUT2D eigenvalue weighted by Crippen LogP contribution is 2.32. The van der Waals surface area contributed by atoms with Crippen molar-refractivity contribution < 1.29 is 9.53 Å². The molecule has 1 aromatic heterocycles. The molecular weight excluding hydrogens is 306 g/mol. The van der Waals surface area contributed by atoms with Gasteiger partial charge < -0.3 is 10.1 Å². The van der Waals surface area contributed by atoms with Crippen LogP contribution in [0.3, 0.4) is 0 Å². The summed E-state index contributed by atoms with van der Waals surface area (Å²) in [6.45, 7) is 1.33. The first-order chi connectivity index (χ1) is 10.3. The number of thioether (sulfide) groups is 1. The van der Waals surface area contributed by atoms with Crippen LogP contribution < -0.4 is 5.32 Å². The number of anilines is 1. The predicted octanol–water partition coefficient (Wildman–Crippen LogP) is 2.60. The first-order valence-corrected chi connectivity index (χ1v) is 8.45. The van der Waals surface area contributed by atoms with E-state index in [0.717, 1.165) is 28.9 Å². The first-order valence-electron chi connectivity index (χ1n) is 6.76. The van der Waals surface area contributed by atoms with Crippen LogP contribution in [0, 0.1) is 0 Å². The molecule has 0 radical (unpaired) electrons. The molecule has 110 valence electrons. The minimum absolute atomic E-state index is 0.130. The van der Waals surface area contributed by atoms with Crippen LogP contribution in [-0.4, -0.2) is 34.6 Å². The largest absolute Gasteiger partial charge is 0.465 e. The fourth-order valence-corrected chi connectivity index (χ4v) is 3.98. The number of aromatic nitrogens is 2. The lowest BCUT2D eigenvalue weighted by molar-refractivity contribution is -0.137. The molecule has 0 amide bonds. The van der Waals surface area contributed by atoms with Crippen LogP contribution in [0.4, 0.5) is 5.13 Å². The molecule has 1 aliphatic heterocycles. The smallest absolute Gasteiger partial charge is 0.319 e. The van der Waals surface area contributed by atoms with Crippen molar-refractivity contribution in [2.24, 2.45) is 0 Å². The van der Waals surface area contributed by atoms with Crippen molar-refractivity contribution in [2.45, 2.75) is 22.4 Å². The van der Waals surface area contributed by atoms with Gasteiger partial charge >= 0.3 is 5.97 Å². The third kappa shape index (κ3) is 3.95. The van der Waals surface area contributed by atoms with E-state index in [4.69, 9.17) is 4.74 Å². The molecule has 3 rings (SSSR count). The Morgan fingerprint density at radius 3 is 2.95 bits per heavy atom. The number of nitrogens with one attached hydrogen (secondary N) is 1. The van der Waals surface area contributed by atoms with Crippen molar-refractivity contribution in [1.29, 1.82) is 0 Å². The maximum absolute atomic E-state index is 11.4. The molecule has 0 bridgehead atoms. The van der Waals surface area contributed by atoms with Gasteiger partial charge in [0, 0.05) is 13.0 Å². The second-order valence-corrected chi connectivity index (χ2v) is 7.03. The van der Waals surface area contributed by atoms with Crippen molar-refractivity contribution in [2.75, 3.05) is 18.5 Å². The topological polar surface area (TPSA) is 64.1 Å². The monoisotopic (exact) mass is 321 g/mol. The molecule has 1 aliphatic rings. The van der Waals surface area contributed by atoms with Gasteiger partial charge in [0.15, 0.2) is 4.34 Å². The van der Waals surface area contributed by atoms with Crippen LogP contribution in [-0.2, 0) is 16.0 Å². The van der Waals surface area contributed by atoms with Gasteiger partial charge in [0.2, 0.25) is 5.13 Å². The number of nitrogens with zero attached hydrogens (tertiary/aromatic N) is 2. The average molecular weight is 321 g/mol. The van der Waals surface area contributed by atoms with E-state index < -0.39 is 0 Å². The number of benzene rings is 1. The molecule has 2 aromatic rings. The molecule has 1 unspecified atom stereocenters. The Labute approximate surface area is 131 Å². The standard InChI is InChI=1S/C14H15N3O2S2/c18-12-11(7-9-19-12)20-14-17-16-13(21-14)15-8-6-10-4-2-1-3-5-10/h1-5,11H,6-9H2,(H,15,16). The molecule has 0 spiro atoms. The maximum atomic E-state index is 11.4. The molecule has 21 heavy (non-hydrogen) atoms. The van der Waals surface area contributed by atoms with Gasteiger partial charge in [0.05, 0.1) is 6.61 Å². The molecule has 5 nitrogen and oxygen atoms in total. The van der Waals surface area contributed by atoms with E-state index in [9.17, 15) is 4.79 Å². The van der Waals surface area contributed by atoms with Gasteiger partial charge in [-0.2, -0.15) is 0 Å². The summed E-state index contributed by atoms with van der Waals surface area (Å²) in [7, 11) is 0. The third-order valence-corrected chi connectivity index (χ3v) is 5.28. The van der Waals surface area contributed by atoms with E-state index in [1.165, 1.54) is 28.7 Å². The Balaban J connectivity index is 1.47. The lowest BCUT2D eigenvalue weighted by atomic mass is 10.2. The number of esters is 1. The molecule has 0 aliphatic carbocycles. The van der Waals surface area contributed by atoms with Crippen LogP contribution in [0.1, 0.15) is 12.0 Å². The number of rotatable bonds is 6. The molecule has 7 heteroatoms. The Morgan fingerprint density at radius 2 is 2.19 bits per heavy atom. The van der Waals surface area contributed by atoms with Gasteiger partial charge in [0.25, 0.3) is 0 Å². The highest BCUT2D eigenvalue weighted by atomic mass is 32.2. The van der Waals surface area contributed by atoms with E-state index in [2.05, 4.69) is 27.6 Å².